The molecule has 2 atom stereocenters. The Balaban J connectivity index is 1.68. The summed E-state index contributed by atoms with van der Waals surface area (Å²) in [6.07, 6.45) is 0.145. The molecule has 2 heterocycles. The molecule has 6 nitrogen and oxygen atoms in total. The summed E-state index contributed by atoms with van der Waals surface area (Å²) in [5.74, 6) is 1.24. The average molecular weight is 395 g/mol. The molecule has 0 bridgehead atoms. The van der Waals surface area contributed by atoms with Gasteiger partial charge < -0.3 is 14.2 Å². The number of morpholine rings is 1. The van der Waals surface area contributed by atoms with Gasteiger partial charge in [-0.3, -0.25) is 4.79 Å². The van der Waals surface area contributed by atoms with E-state index in [4.69, 9.17) is 16.3 Å². The molecule has 1 fully saturated rings. The lowest BCUT2D eigenvalue weighted by atomic mass is 10.2. The number of benzene rings is 1. The number of rotatable bonds is 5. The van der Waals surface area contributed by atoms with Crippen molar-refractivity contribution >= 4 is 29.3 Å². The molecule has 1 aliphatic heterocycles. The van der Waals surface area contributed by atoms with Crippen LogP contribution in [-0.2, 0) is 16.1 Å². The van der Waals surface area contributed by atoms with Gasteiger partial charge in [-0.25, -0.2) is 0 Å². The molecule has 1 aromatic carbocycles. The fourth-order valence-electron chi connectivity index (χ4n) is 3.09. The maximum absolute atomic E-state index is 12.6. The zero-order valence-corrected chi connectivity index (χ0v) is 16.8. The van der Waals surface area contributed by atoms with Crippen LogP contribution in [0.3, 0.4) is 0 Å². The molecule has 2 aromatic rings. The highest BCUT2D eigenvalue weighted by Crippen LogP contribution is 2.25. The number of nitrogens with zero attached hydrogens (tertiary/aromatic N) is 4. The van der Waals surface area contributed by atoms with E-state index in [-0.39, 0.29) is 18.1 Å². The molecule has 140 valence electrons. The Morgan fingerprint density at radius 1 is 1.23 bits per heavy atom. The largest absolute Gasteiger partial charge is 0.372 e. The number of amides is 1. The van der Waals surface area contributed by atoms with Crippen molar-refractivity contribution in [3.63, 3.8) is 0 Å². The zero-order valence-electron chi connectivity index (χ0n) is 15.2. The number of ether oxygens (including phenoxy) is 1. The molecule has 0 N–H and O–H groups in total. The van der Waals surface area contributed by atoms with Gasteiger partial charge in [-0.1, -0.05) is 23.4 Å². The number of thioether (sulfide) groups is 1. The Labute approximate surface area is 162 Å². The van der Waals surface area contributed by atoms with Crippen molar-refractivity contribution in [1.29, 1.82) is 0 Å². The average Bonchev–Trinajstić information content (AvgIpc) is 3.02. The maximum Gasteiger partial charge on any atom is 0.233 e. The van der Waals surface area contributed by atoms with Crippen LogP contribution in [0.15, 0.2) is 29.4 Å². The summed E-state index contributed by atoms with van der Waals surface area (Å²) in [6, 6.07) is 7.52. The van der Waals surface area contributed by atoms with Gasteiger partial charge in [0.15, 0.2) is 11.0 Å². The van der Waals surface area contributed by atoms with Crippen LogP contribution < -0.4 is 0 Å². The second kappa shape index (κ2) is 8.41. The van der Waals surface area contributed by atoms with Crippen LogP contribution in [0, 0.1) is 0 Å². The normalized spacial score (nSPS) is 20.4. The topological polar surface area (TPSA) is 60.2 Å². The van der Waals surface area contributed by atoms with Crippen LogP contribution >= 0.6 is 23.4 Å². The molecule has 0 radical (unpaired) electrons. The van der Waals surface area contributed by atoms with Crippen molar-refractivity contribution in [3.8, 4) is 11.4 Å². The summed E-state index contributed by atoms with van der Waals surface area (Å²) in [7, 11) is 0. The van der Waals surface area contributed by atoms with Gasteiger partial charge in [-0.2, -0.15) is 0 Å². The quantitative estimate of drug-likeness (QED) is 0.728. The third-order valence-electron chi connectivity index (χ3n) is 4.23. The highest BCUT2D eigenvalue weighted by atomic mass is 35.5. The fraction of sp³-hybridized carbons (Fsp3) is 0.500. The second-order valence-corrected chi connectivity index (χ2v) is 7.78. The van der Waals surface area contributed by atoms with E-state index in [0.717, 1.165) is 23.1 Å². The van der Waals surface area contributed by atoms with Crippen molar-refractivity contribution in [2.24, 2.45) is 0 Å². The first kappa shape index (κ1) is 19.2. The molecule has 8 heteroatoms. The standard InChI is InChI=1S/C18H23ClN4O2S/c1-4-23-17(14-5-7-15(19)8-6-14)20-21-18(23)26-11-16(24)22-9-12(2)25-13(3)10-22/h5-8,12-13H,4,9-11H2,1-3H3/t12-,13-/m0/s1. The molecule has 1 saturated heterocycles. The van der Waals surface area contributed by atoms with Crippen LogP contribution in [-0.4, -0.2) is 56.6 Å². The number of aromatic nitrogens is 3. The summed E-state index contributed by atoms with van der Waals surface area (Å²) in [5, 5.41) is 10.0. The van der Waals surface area contributed by atoms with Crippen LogP contribution in [0.1, 0.15) is 20.8 Å². The minimum absolute atomic E-state index is 0.0727. The molecule has 1 amide bonds. The maximum atomic E-state index is 12.6. The highest BCUT2D eigenvalue weighted by molar-refractivity contribution is 7.99. The van der Waals surface area contributed by atoms with Gasteiger partial charge in [0.05, 0.1) is 18.0 Å². The molecule has 1 aliphatic rings. The van der Waals surface area contributed by atoms with Gasteiger partial charge in [0.25, 0.3) is 0 Å². The number of hydrogen-bond donors (Lipinski definition) is 0. The molecular weight excluding hydrogens is 372 g/mol. The van der Waals surface area contributed by atoms with Crippen molar-refractivity contribution in [2.45, 2.75) is 44.7 Å². The lowest BCUT2D eigenvalue weighted by Crippen LogP contribution is -2.48. The molecule has 1 aromatic heterocycles. The predicted molar refractivity (Wildman–Crippen MR) is 103 cm³/mol. The summed E-state index contributed by atoms with van der Waals surface area (Å²) < 4.78 is 7.71. The third-order valence-corrected chi connectivity index (χ3v) is 5.44. The van der Waals surface area contributed by atoms with Crippen LogP contribution in [0.5, 0.6) is 0 Å². The minimum Gasteiger partial charge on any atom is -0.372 e. The first-order valence-corrected chi connectivity index (χ1v) is 10.1. The van der Waals surface area contributed by atoms with Crippen LogP contribution in [0.2, 0.25) is 5.02 Å². The molecule has 0 unspecified atom stereocenters. The number of hydrogen-bond acceptors (Lipinski definition) is 5. The van der Waals surface area contributed by atoms with Crippen molar-refractivity contribution in [3.05, 3.63) is 29.3 Å². The lowest BCUT2D eigenvalue weighted by Gasteiger charge is -2.35. The number of carbonyl (C=O) groups is 1. The van der Waals surface area contributed by atoms with Gasteiger partial charge >= 0.3 is 0 Å². The molecule has 3 rings (SSSR count). The minimum atomic E-state index is 0.0727. The van der Waals surface area contributed by atoms with Gasteiger partial charge in [0, 0.05) is 30.2 Å². The Hall–Kier alpha value is -1.57. The van der Waals surface area contributed by atoms with E-state index in [1.165, 1.54) is 11.8 Å². The van der Waals surface area contributed by atoms with Gasteiger partial charge in [-0.15, -0.1) is 10.2 Å². The number of carbonyl (C=O) groups excluding carboxylic acids is 1. The van der Waals surface area contributed by atoms with Crippen molar-refractivity contribution < 1.29 is 9.53 Å². The first-order chi connectivity index (χ1) is 12.5. The first-order valence-electron chi connectivity index (χ1n) is 8.73. The molecule has 0 aliphatic carbocycles. The van der Waals surface area contributed by atoms with Gasteiger partial charge in [0.2, 0.25) is 5.91 Å². The van der Waals surface area contributed by atoms with E-state index < -0.39 is 0 Å². The van der Waals surface area contributed by atoms with E-state index in [1.54, 1.807) is 0 Å². The Bertz CT molecular complexity index is 755. The zero-order chi connectivity index (χ0) is 18.7. The van der Waals surface area contributed by atoms with Gasteiger partial charge in [-0.05, 0) is 45.0 Å². The number of halogens is 1. The highest BCUT2D eigenvalue weighted by Gasteiger charge is 2.26. The molecular formula is C18H23ClN4O2S. The molecule has 0 saturated carbocycles. The second-order valence-electron chi connectivity index (χ2n) is 6.40. The Kier molecular flexibility index (Phi) is 6.21. The van der Waals surface area contributed by atoms with E-state index in [2.05, 4.69) is 10.2 Å². The summed E-state index contributed by atoms with van der Waals surface area (Å²) in [5.41, 5.74) is 0.956. The predicted octanol–water partition coefficient (Wildman–Crippen LogP) is 3.35. The van der Waals surface area contributed by atoms with Crippen LogP contribution in [0.4, 0.5) is 0 Å². The van der Waals surface area contributed by atoms with E-state index in [9.17, 15) is 4.79 Å². The van der Waals surface area contributed by atoms with Crippen LogP contribution in [0.25, 0.3) is 11.4 Å². The monoisotopic (exact) mass is 394 g/mol. The summed E-state index contributed by atoms with van der Waals surface area (Å²) >= 11 is 7.38. The Morgan fingerprint density at radius 3 is 2.50 bits per heavy atom. The molecule has 26 heavy (non-hydrogen) atoms. The SMILES string of the molecule is CCn1c(SCC(=O)N2C[C@H](C)O[C@@H](C)C2)nnc1-c1ccc(Cl)cc1. The summed E-state index contributed by atoms with van der Waals surface area (Å²) in [4.78, 5) is 14.4. The Morgan fingerprint density at radius 2 is 1.88 bits per heavy atom. The van der Waals surface area contributed by atoms with Gasteiger partial charge in [0.1, 0.15) is 0 Å². The van der Waals surface area contributed by atoms with Crippen molar-refractivity contribution in [2.75, 3.05) is 18.8 Å². The smallest absolute Gasteiger partial charge is 0.233 e. The van der Waals surface area contributed by atoms with E-state index in [1.807, 2.05) is 54.5 Å². The fourth-order valence-corrected chi connectivity index (χ4v) is 4.12. The lowest BCUT2D eigenvalue weighted by molar-refractivity contribution is -0.140. The van der Waals surface area contributed by atoms with Crippen molar-refractivity contribution in [1.82, 2.24) is 19.7 Å². The van der Waals surface area contributed by atoms with E-state index in [0.29, 0.717) is 23.9 Å². The molecule has 0 spiro atoms. The summed E-state index contributed by atoms with van der Waals surface area (Å²) in [6.45, 7) is 8.04. The third kappa shape index (κ3) is 4.39. The van der Waals surface area contributed by atoms with E-state index >= 15 is 0 Å².